The van der Waals surface area contributed by atoms with Crippen LogP contribution in [0.4, 0.5) is 22.7 Å². The van der Waals surface area contributed by atoms with E-state index in [4.69, 9.17) is 12.2 Å². The van der Waals surface area contributed by atoms with Crippen LogP contribution in [0.5, 0.6) is 0 Å². The third-order valence-corrected chi connectivity index (χ3v) is 6.86. The minimum atomic E-state index is -0.565. The van der Waals surface area contributed by atoms with Crippen molar-refractivity contribution in [1.29, 1.82) is 0 Å². The predicted octanol–water partition coefficient (Wildman–Crippen LogP) is 6.61. The van der Waals surface area contributed by atoms with Crippen molar-refractivity contribution in [2.45, 2.75) is 32.7 Å². The number of non-ortho nitro benzene ring substituents is 1. The molecule has 0 bridgehead atoms. The summed E-state index contributed by atoms with van der Waals surface area (Å²) in [6.45, 7) is 4.18. The molecule has 1 aliphatic carbocycles. The van der Waals surface area contributed by atoms with E-state index in [2.05, 4.69) is 24.5 Å². The summed E-state index contributed by atoms with van der Waals surface area (Å²) >= 11 is 5.96. The lowest BCUT2D eigenvalue weighted by Gasteiger charge is -2.38. The summed E-state index contributed by atoms with van der Waals surface area (Å²) in [6.07, 6.45) is 1.10. The highest BCUT2D eigenvalue weighted by Gasteiger charge is 2.42. The number of Topliss-reactive ketones (excluding diaryl/α,β-unsaturated/α-hetero) is 1. The van der Waals surface area contributed by atoms with Crippen LogP contribution in [-0.2, 0) is 4.79 Å². The molecule has 0 fully saturated rings. The Balaban J connectivity index is 1.72. The van der Waals surface area contributed by atoms with Gasteiger partial charge in [-0.1, -0.05) is 44.2 Å². The molecule has 5 rings (SSSR count). The Labute approximate surface area is 215 Å². The van der Waals surface area contributed by atoms with E-state index >= 15 is 0 Å². The standard InChI is InChI=1S/C28H26N4O3S/c1-28(2)16-22-25(24(33)17-28)26(18-12-14-20(15-13-18)32(34)35)31(23-11-7-6-10-21(23)30-22)27(36)29-19-8-4-3-5-9-19/h3-15,26,30H,16-17H2,1-2H3,(H,29,36)/t26-/m0/s1. The average Bonchev–Trinajstić information content (AvgIpc) is 2.98. The molecule has 2 aliphatic rings. The van der Waals surface area contributed by atoms with E-state index < -0.39 is 11.0 Å². The number of nitrogens with one attached hydrogen (secondary N) is 2. The molecule has 1 aliphatic heterocycles. The summed E-state index contributed by atoms with van der Waals surface area (Å²) in [5.41, 5.74) is 4.52. The number of para-hydroxylation sites is 3. The van der Waals surface area contributed by atoms with Gasteiger partial charge in [0.1, 0.15) is 0 Å². The zero-order valence-corrected chi connectivity index (χ0v) is 20.8. The molecule has 1 atom stereocenters. The monoisotopic (exact) mass is 498 g/mol. The van der Waals surface area contributed by atoms with Gasteiger partial charge in [-0.3, -0.25) is 14.9 Å². The number of nitro benzene ring substituents is 1. The number of fused-ring (bicyclic) bond motifs is 1. The fraction of sp³-hybridized carbons (Fsp3) is 0.214. The number of ketones is 1. The molecule has 0 spiro atoms. The molecule has 182 valence electrons. The van der Waals surface area contributed by atoms with Gasteiger partial charge in [0.15, 0.2) is 10.9 Å². The van der Waals surface area contributed by atoms with Crippen LogP contribution in [0.2, 0.25) is 0 Å². The Morgan fingerprint density at radius 2 is 1.69 bits per heavy atom. The number of hydrogen-bond donors (Lipinski definition) is 2. The van der Waals surface area contributed by atoms with Gasteiger partial charge in [0.25, 0.3) is 5.69 Å². The van der Waals surface area contributed by atoms with Crippen LogP contribution >= 0.6 is 12.2 Å². The lowest BCUT2D eigenvalue weighted by atomic mass is 9.73. The number of allylic oxidation sites excluding steroid dienone is 1. The first-order valence-electron chi connectivity index (χ1n) is 11.8. The number of anilines is 3. The summed E-state index contributed by atoms with van der Waals surface area (Å²) < 4.78 is 0. The highest BCUT2D eigenvalue weighted by molar-refractivity contribution is 7.80. The molecule has 1 heterocycles. The molecule has 0 radical (unpaired) electrons. The number of hydrogen-bond acceptors (Lipinski definition) is 5. The van der Waals surface area contributed by atoms with Crippen molar-refractivity contribution in [2.75, 3.05) is 15.5 Å². The Bertz CT molecular complexity index is 1380. The van der Waals surface area contributed by atoms with E-state index in [1.165, 1.54) is 12.1 Å². The summed E-state index contributed by atoms with van der Waals surface area (Å²) in [7, 11) is 0. The number of rotatable bonds is 3. The van der Waals surface area contributed by atoms with E-state index in [0.717, 1.165) is 28.3 Å². The Kier molecular flexibility index (Phi) is 6.05. The molecule has 0 unspecified atom stereocenters. The molecule has 0 aromatic heterocycles. The zero-order chi connectivity index (χ0) is 25.4. The fourth-order valence-electron chi connectivity index (χ4n) is 5.01. The van der Waals surface area contributed by atoms with Crippen LogP contribution in [0.25, 0.3) is 0 Å². The van der Waals surface area contributed by atoms with Gasteiger partial charge in [0.2, 0.25) is 0 Å². The van der Waals surface area contributed by atoms with E-state index in [0.29, 0.717) is 23.5 Å². The lowest BCUT2D eigenvalue weighted by molar-refractivity contribution is -0.384. The highest BCUT2D eigenvalue weighted by atomic mass is 32.1. The third kappa shape index (κ3) is 4.47. The summed E-state index contributed by atoms with van der Waals surface area (Å²) in [4.78, 5) is 26.6. The van der Waals surface area contributed by atoms with Gasteiger partial charge in [-0.05, 0) is 66.0 Å². The Morgan fingerprint density at radius 3 is 2.39 bits per heavy atom. The van der Waals surface area contributed by atoms with Crippen LogP contribution in [0.1, 0.15) is 38.3 Å². The molecule has 3 aromatic carbocycles. The van der Waals surface area contributed by atoms with Crippen molar-refractivity contribution in [1.82, 2.24) is 0 Å². The maximum Gasteiger partial charge on any atom is 0.269 e. The smallest absolute Gasteiger partial charge is 0.269 e. The van der Waals surface area contributed by atoms with Gasteiger partial charge in [-0.15, -0.1) is 0 Å². The van der Waals surface area contributed by atoms with Crippen LogP contribution in [0, 0.1) is 15.5 Å². The first-order chi connectivity index (χ1) is 17.2. The van der Waals surface area contributed by atoms with Crippen LogP contribution in [-0.4, -0.2) is 15.8 Å². The van der Waals surface area contributed by atoms with Gasteiger partial charge < -0.3 is 15.5 Å². The van der Waals surface area contributed by atoms with Crippen molar-refractivity contribution in [3.8, 4) is 0 Å². The highest BCUT2D eigenvalue weighted by Crippen LogP contribution is 2.48. The molecule has 36 heavy (non-hydrogen) atoms. The van der Waals surface area contributed by atoms with Crippen LogP contribution < -0.4 is 15.5 Å². The Morgan fingerprint density at radius 1 is 1.03 bits per heavy atom. The normalized spacial score (nSPS) is 18.4. The molecule has 0 saturated carbocycles. The molecule has 8 heteroatoms. The zero-order valence-electron chi connectivity index (χ0n) is 20.0. The van der Waals surface area contributed by atoms with Gasteiger partial charge in [0, 0.05) is 35.5 Å². The summed E-state index contributed by atoms with van der Waals surface area (Å²) in [5, 5.41) is 18.6. The van der Waals surface area contributed by atoms with Crippen molar-refractivity contribution in [3.63, 3.8) is 0 Å². The quantitative estimate of drug-likeness (QED) is 0.239. The first-order valence-corrected chi connectivity index (χ1v) is 12.2. The van der Waals surface area contributed by atoms with Crippen molar-refractivity contribution < 1.29 is 9.72 Å². The maximum absolute atomic E-state index is 13.7. The predicted molar refractivity (Wildman–Crippen MR) is 146 cm³/mol. The van der Waals surface area contributed by atoms with Crippen molar-refractivity contribution >= 4 is 45.9 Å². The number of thiocarbonyl (C=S) groups is 1. The van der Waals surface area contributed by atoms with E-state index in [9.17, 15) is 14.9 Å². The maximum atomic E-state index is 13.7. The van der Waals surface area contributed by atoms with Gasteiger partial charge in [0.05, 0.1) is 22.3 Å². The number of nitrogens with zero attached hydrogens (tertiary/aromatic N) is 2. The SMILES string of the molecule is CC1(C)CC(=O)C2=C(C1)Nc1ccccc1N(C(=S)Nc1ccccc1)[C@H]2c1ccc([N+](=O)[O-])cc1. The number of benzene rings is 3. The van der Waals surface area contributed by atoms with Gasteiger partial charge >= 0.3 is 0 Å². The minimum Gasteiger partial charge on any atom is -0.357 e. The fourth-order valence-corrected chi connectivity index (χ4v) is 5.33. The molecule has 0 amide bonds. The van der Waals surface area contributed by atoms with Crippen LogP contribution in [0.15, 0.2) is 90.1 Å². The molecule has 2 N–H and O–H groups in total. The molecule has 0 saturated heterocycles. The number of nitro groups is 1. The summed E-state index contributed by atoms with van der Waals surface area (Å²) in [5.74, 6) is 0.0393. The minimum absolute atomic E-state index is 0.00672. The van der Waals surface area contributed by atoms with E-state index in [1.807, 2.05) is 59.5 Å². The average molecular weight is 499 g/mol. The molecular formula is C28H26N4O3S. The number of carbonyl (C=O) groups is 1. The second-order valence-electron chi connectivity index (χ2n) is 9.89. The summed E-state index contributed by atoms with van der Waals surface area (Å²) in [6, 6.07) is 23.3. The number of carbonyl (C=O) groups excluding carboxylic acids is 1. The third-order valence-electron chi connectivity index (χ3n) is 6.56. The molecule has 7 nitrogen and oxygen atoms in total. The van der Waals surface area contributed by atoms with Crippen molar-refractivity contribution in [3.05, 3.63) is 106 Å². The molecular weight excluding hydrogens is 472 g/mol. The molecule has 3 aromatic rings. The lowest BCUT2D eigenvalue weighted by Crippen LogP contribution is -2.41. The van der Waals surface area contributed by atoms with Gasteiger partial charge in [-0.2, -0.15) is 0 Å². The topological polar surface area (TPSA) is 87.5 Å². The largest absolute Gasteiger partial charge is 0.357 e. The first kappa shape index (κ1) is 23.7. The second kappa shape index (κ2) is 9.20. The second-order valence-corrected chi connectivity index (χ2v) is 10.3. The Hall–Kier alpha value is -4.04. The van der Waals surface area contributed by atoms with E-state index in [1.54, 1.807) is 12.1 Å². The van der Waals surface area contributed by atoms with Crippen LogP contribution in [0.3, 0.4) is 0 Å². The van der Waals surface area contributed by atoms with Gasteiger partial charge in [-0.25, -0.2) is 0 Å². The van der Waals surface area contributed by atoms with E-state index in [-0.39, 0.29) is 16.9 Å². The van der Waals surface area contributed by atoms with Crippen molar-refractivity contribution in [2.24, 2.45) is 5.41 Å².